The van der Waals surface area contributed by atoms with Gasteiger partial charge in [-0.2, -0.15) is 0 Å². The average molecular weight is 346 g/mol. The topological polar surface area (TPSA) is 25.8 Å². The molecule has 0 aromatic carbocycles. The van der Waals surface area contributed by atoms with Gasteiger partial charge in [0.1, 0.15) is 7.40 Å². The number of halogens is 2. The smallest absolute Gasteiger partial charge is 0.126 e. The highest BCUT2D eigenvalue weighted by molar-refractivity contribution is 14.1. The van der Waals surface area contributed by atoms with Crippen LogP contribution in [0, 0.1) is 14.3 Å². The first-order valence-electron chi connectivity index (χ1n) is 2.35. The highest BCUT2D eigenvalue weighted by atomic mass is 127. The summed E-state index contributed by atoms with van der Waals surface area (Å²) in [6, 6.07) is 2.01. The van der Waals surface area contributed by atoms with E-state index in [9.17, 15) is 0 Å². The summed E-state index contributed by atoms with van der Waals surface area (Å²) in [5.41, 5.74) is 1.19. The summed E-state index contributed by atoms with van der Waals surface area (Å²) in [5, 5.41) is 7.78. The third kappa shape index (κ3) is 1.99. The second kappa shape index (κ2) is 3.09. The van der Waals surface area contributed by atoms with Gasteiger partial charge >= 0.3 is 0 Å². The minimum atomic E-state index is 0.950. The lowest BCUT2D eigenvalue weighted by atomic mass is 10.4. The van der Waals surface area contributed by atoms with Crippen molar-refractivity contribution in [2.45, 2.75) is 6.92 Å². The van der Waals surface area contributed by atoms with Crippen molar-refractivity contribution in [1.82, 2.24) is 10.2 Å². The number of hydrogen-bond donors (Lipinski definition) is 0. The minimum absolute atomic E-state index is 0.950. The Balaban J connectivity index is 3.17. The molecule has 0 bridgehead atoms. The minimum Gasteiger partial charge on any atom is -0.143 e. The van der Waals surface area contributed by atoms with Gasteiger partial charge in [0.05, 0.1) is 0 Å². The Morgan fingerprint density at radius 1 is 1.33 bits per heavy atom. The molecule has 1 aromatic rings. The lowest BCUT2D eigenvalue weighted by Crippen LogP contribution is -1.91. The van der Waals surface area contributed by atoms with Gasteiger partial charge in [0, 0.05) is 0 Å². The molecule has 4 heteroatoms. The lowest BCUT2D eigenvalue weighted by molar-refractivity contribution is 0.958. The monoisotopic (exact) mass is 346 g/mol. The third-order valence-electron chi connectivity index (χ3n) is 0.894. The Labute approximate surface area is 80.7 Å². The standard InChI is InChI=1S/C5H4I2N2/c1-3-2-4(6)8-9-5(3)7/h2H,1H3. The van der Waals surface area contributed by atoms with Crippen LogP contribution in [0.15, 0.2) is 6.07 Å². The van der Waals surface area contributed by atoms with Crippen LogP contribution in [0.1, 0.15) is 5.56 Å². The van der Waals surface area contributed by atoms with Gasteiger partial charge in [-0.15, -0.1) is 10.2 Å². The molecule has 0 aliphatic heterocycles. The molecule has 0 unspecified atom stereocenters. The quantitative estimate of drug-likeness (QED) is 0.672. The molecule has 0 amide bonds. The molecule has 0 fully saturated rings. The maximum atomic E-state index is 3.91. The Bertz CT molecular complexity index is 224. The van der Waals surface area contributed by atoms with Crippen molar-refractivity contribution >= 4 is 45.2 Å². The van der Waals surface area contributed by atoms with Crippen LogP contribution in [0.3, 0.4) is 0 Å². The van der Waals surface area contributed by atoms with Crippen molar-refractivity contribution < 1.29 is 0 Å². The van der Waals surface area contributed by atoms with E-state index in [1.807, 2.05) is 13.0 Å². The molecule has 0 aliphatic carbocycles. The summed E-state index contributed by atoms with van der Waals surface area (Å²) in [5.74, 6) is 0. The largest absolute Gasteiger partial charge is 0.143 e. The van der Waals surface area contributed by atoms with Crippen LogP contribution in [0.25, 0.3) is 0 Å². The van der Waals surface area contributed by atoms with Gasteiger partial charge < -0.3 is 0 Å². The normalized spacial score (nSPS) is 9.67. The maximum Gasteiger partial charge on any atom is 0.126 e. The van der Waals surface area contributed by atoms with Gasteiger partial charge in [0.2, 0.25) is 0 Å². The molecular formula is C5H4I2N2. The van der Waals surface area contributed by atoms with E-state index >= 15 is 0 Å². The zero-order chi connectivity index (χ0) is 6.85. The highest BCUT2D eigenvalue weighted by Crippen LogP contribution is 2.08. The molecule has 0 saturated carbocycles. The van der Waals surface area contributed by atoms with Gasteiger partial charge in [-0.1, -0.05) is 0 Å². The predicted molar refractivity (Wildman–Crippen MR) is 52.2 cm³/mol. The molecular weight excluding hydrogens is 342 g/mol. The van der Waals surface area contributed by atoms with Crippen LogP contribution in [0.2, 0.25) is 0 Å². The second-order valence-electron chi connectivity index (χ2n) is 1.64. The van der Waals surface area contributed by atoms with Gasteiger partial charge in [0.25, 0.3) is 0 Å². The van der Waals surface area contributed by atoms with Crippen molar-refractivity contribution in [3.05, 3.63) is 19.0 Å². The van der Waals surface area contributed by atoms with Crippen LogP contribution in [-0.4, -0.2) is 10.2 Å². The van der Waals surface area contributed by atoms with Crippen LogP contribution >= 0.6 is 45.2 Å². The molecule has 1 rings (SSSR count). The molecule has 48 valence electrons. The van der Waals surface area contributed by atoms with Crippen LogP contribution < -0.4 is 0 Å². The first-order chi connectivity index (χ1) is 4.20. The van der Waals surface area contributed by atoms with Crippen LogP contribution in [0.5, 0.6) is 0 Å². The van der Waals surface area contributed by atoms with E-state index in [4.69, 9.17) is 0 Å². The number of hydrogen-bond acceptors (Lipinski definition) is 2. The van der Waals surface area contributed by atoms with Crippen molar-refractivity contribution in [1.29, 1.82) is 0 Å². The summed E-state index contributed by atoms with van der Waals surface area (Å²) < 4.78 is 1.93. The molecule has 2 nitrogen and oxygen atoms in total. The molecule has 0 saturated heterocycles. The highest BCUT2D eigenvalue weighted by Gasteiger charge is 1.95. The molecule has 0 aliphatic rings. The number of nitrogens with zero attached hydrogens (tertiary/aromatic N) is 2. The SMILES string of the molecule is Cc1cc(I)nnc1I. The number of aryl methyl sites for hydroxylation is 1. The number of aromatic nitrogens is 2. The Morgan fingerprint density at radius 2 is 2.00 bits per heavy atom. The summed E-state index contributed by atoms with van der Waals surface area (Å²) >= 11 is 4.31. The summed E-state index contributed by atoms with van der Waals surface area (Å²) in [4.78, 5) is 0. The summed E-state index contributed by atoms with van der Waals surface area (Å²) in [6.45, 7) is 2.03. The lowest BCUT2D eigenvalue weighted by Gasteiger charge is -1.93. The van der Waals surface area contributed by atoms with E-state index in [1.165, 1.54) is 5.56 Å². The van der Waals surface area contributed by atoms with E-state index in [-0.39, 0.29) is 0 Å². The van der Waals surface area contributed by atoms with Crippen molar-refractivity contribution in [3.8, 4) is 0 Å². The zero-order valence-electron chi connectivity index (χ0n) is 4.73. The Kier molecular flexibility index (Phi) is 2.62. The van der Waals surface area contributed by atoms with Crippen molar-refractivity contribution in [2.75, 3.05) is 0 Å². The van der Waals surface area contributed by atoms with Crippen LogP contribution in [-0.2, 0) is 0 Å². The Hall–Kier alpha value is 0.540. The second-order valence-corrected chi connectivity index (χ2v) is 3.77. The van der Waals surface area contributed by atoms with E-state index < -0.39 is 0 Å². The van der Waals surface area contributed by atoms with Gasteiger partial charge in [-0.05, 0) is 63.7 Å². The molecule has 1 heterocycles. The van der Waals surface area contributed by atoms with Crippen molar-refractivity contribution in [2.24, 2.45) is 0 Å². The fourth-order valence-corrected chi connectivity index (χ4v) is 1.28. The predicted octanol–water partition coefficient (Wildman–Crippen LogP) is 1.99. The number of rotatable bonds is 0. The molecule has 0 spiro atoms. The Morgan fingerprint density at radius 3 is 2.44 bits per heavy atom. The van der Waals surface area contributed by atoms with Gasteiger partial charge in [0.15, 0.2) is 0 Å². The first kappa shape index (κ1) is 7.64. The van der Waals surface area contributed by atoms with E-state index in [2.05, 4.69) is 55.4 Å². The summed E-state index contributed by atoms with van der Waals surface area (Å²) in [7, 11) is 0. The fraction of sp³-hybridized carbons (Fsp3) is 0.200. The zero-order valence-corrected chi connectivity index (χ0v) is 9.04. The molecule has 0 N–H and O–H groups in total. The van der Waals surface area contributed by atoms with E-state index in [1.54, 1.807) is 0 Å². The molecule has 0 atom stereocenters. The first-order valence-corrected chi connectivity index (χ1v) is 4.51. The molecule has 0 radical (unpaired) electrons. The van der Waals surface area contributed by atoms with Crippen molar-refractivity contribution in [3.63, 3.8) is 0 Å². The van der Waals surface area contributed by atoms with Gasteiger partial charge in [-0.25, -0.2) is 0 Å². The summed E-state index contributed by atoms with van der Waals surface area (Å²) in [6.07, 6.45) is 0. The van der Waals surface area contributed by atoms with Gasteiger partial charge in [-0.3, -0.25) is 0 Å². The fourth-order valence-electron chi connectivity index (χ4n) is 0.438. The third-order valence-corrected chi connectivity index (χ3v) is 2.49. The van der Waals surface area contributed by atoms with E-state index in [0.29, 0.717) is 0 Å². The van der Waals surface area contributed by atoms with Crippen LogP contribution in [0.4, 0.5) is 0 Å². The average Bonchev–Trinajstić information content (AvgIpc) is 1.80. The maximum absolute atomic E-state index is 3.91. The van der Waals surface area contributed by atoms with E-state index in [0.717, 1.165) is 7.40 Å². The molecule has 1 aromatic heterocycles. The molecule has 9 heavy (non-hydrogen) atoms.